The summed E-state index contributed by atoms with van der Waals surface area (Å²) in [5.74, 6) is 0.944. The van der Waals surface area contributed by atoms with Crippen molar-refractivity contribution in [3.63, 3.8) is 0 Å². The van der Waals surface area contributed by atoms with Gasteiger partial charge in [-0.25, -0.2) is 0 Å². The van der Waals surface area contributed by atoms with Crippen molar-refractivity contribution in [3.05, 3.63) is 36.7 Å². The molecule has 0 amide bonds. The lowest BCUT2D eigenvalue weighted by molar-refractivity contribution is 0.167. The molecule has 17 heavy (non-hydrogen) atoms. The van der Waals surface area contributed by atoms with Crippen molar-refractivity contribution < 1.29 is 4.74 Å². The Hall–Kier alpha value is -1.61. The fraction of sp³-hybridized carbons (Fsp3) is 0.357. The lowest BCUT2D eigenvalue weighted by Crippen LogP contribution is -2.37. The van der Waals surface area contributed by atoms with Crippen LogP contribution in [0.15, 0.2) is 36.7 Å². The largest absolute Gasteiger partial charge is 0.489 e. The molecule has 0 bridgehead atoms. The summed E-state index contributed by atoms with van der Waals surface area (Å²) in [5.41, 5.74) is 0. The van der Waals surface area contributed by atoms with Crippen LogP contribution in [0, 0.1) is 0 Å². The molecule has 3 rings (SSSR count). The zero-order chi connectivity index (χ0) is 11.5. The molecule has 0 saturated carbocycles. The zero-order valence-corrected chi connectivity index (χ0v) is 9.73. The van der Waals surface area contributed by atoms with Crippen LogP contribution in [0.2, 0.25) is 0 Å². The maximum atomic E-state index is 5.97. The average Bonchev–Trinajstić information content (AvgIpc) is 2.40. The molecule has 1 aromatic heterocycles. The number of pyridine rings is 1. The van der Waals surface area contributed by atoms with Crippen molar-refractivity contribution in [1.29, 1.82) is 0 Å². The Kier molecular flexibility index (Phi) is 2.92. The van der Waals surface area contributed by atoms with Crippen LogP contribution in [0.4, 0.5) is 0 Å². The van der Waals surface area contributed by atoms with Gasteiger partial charge in [-0.15, -0.1) is 0 Å². The maximum Gasteiger partial charge on any atom is 0.120 e. The van der Waals surface area contributed by atoms with Crippen molar-refractivity contribution in [2.45, 2.75) is 18.9 Å². The number of ether oxygens (including phenoxy) is 1. The Bertz CT molecular complexity index is 506. The van der Waals surface area contributed by atoms with E-state index in [2.05, 4.69) is 22.4 Å². The van der Waals surface area contributed by atoms with E-state index in [4.69, 9.17) is 4.74 Å². The number of rotatable bonds is 2. The molecule has 1 aromatic carbocycles. The van der Waals surface area contributed by atoms with E-state index in [1.807, 2.05) is 24.5 Å². The fourth-order valence-corrected chi connectivity index (χ4v) is 2.25. The van der Waals surface area contributed by atoms with Gasteiger partial charge in [0.25, 0.3) is 0 Å². The smallest absolute Gasteiger partial charge is 0.120 e. The number of aromatic nitrogens is 1. The average molecular weight is 228 g/mol. The Morgan fingerprint density at radius 1 is 1.24 bits per heavy atom. The molecule has 2 heterocycles. The molecule has 2 aromatic rings. The van der Waals surface area contributed by atoms with Gasteiger partial charge in [-0.1, -0.05) is 6.07 Å². The van der Waals surface area contributed by atoms with Crippen LogP contribution in [0.1, 0.15) is 12.8 Å². The molecule has 3 nitrogen and oxygen atoms in total. The highest BCUT2D eigenvalue weighted by atomic mass is 16.5. The number of nitrogens with zero attached hydrogens (tertiary/aromatic N) is 1. The molecule has 1 saturated heterocycles. The third-order valence-electron chi connectivity index (χ3n) is 3.17. The summed E-state index contributed by atoms with van der Waals surface area (Å²) in [4.78, 5) is 4.13. The molecule has 1 aliphatic rings. The first-order valence-electron chi connectivity index (χ1n) is 6.13. The van der Waals surface area contributed by atoms with Crippen molar-refractivity contribution in [2.24, 2.45) is 0 Å². The highest BCUT2D eigenvalue weighted by Gasteiger charge is 2.14. The van der Waals surface area contributed by atoms with Crippen molar-refractivity contribution >= 4 is 10.8 Å². The minimum Gasteiger partial charge on any atom is -0.489 e. The number of fused-ring (bicyclic) bond motifs is 1. The van der Waals surface area contributed by atoms with Gasteiger partial charge in [0.15, 0.2) is 0 Å². The summed E-state index contributed by atoms with van der Waals surface area (Å²) in [5, 5.41) is 5.69. The minimum absolute atomic E-state index is 0.304. The monoisotopic (exact) mass is 228 g/mol. The summed E-state index contributed by atoms with van der Waals surface area (Å²) in [7, 11) is 0. The van der Waals surface area contributed by atoms with Gasteiger partial charge < -0.3 is 10.1 Å². The Balaban J connectivity index is 1.80. The maximum absolute atomic E-state index is 5.97. The zero-order valence-electron chi connectivity index (χ0n) is 9.73. The van der Waals surface area contributed by atoms with Crippen LogP contribution < -0.4 is 10.1 Å². The molecular weight excluding hydrogens is 212 g/mol. The highest BCUT2D eigenvalue weighted by Crippen LogP contribution is 2.21. The van der Waals surface area contributed by atoms with Gasteiger partial charge in [0.2, 0.25) is 0 Å². The summed E-state index contributed by atoms with van der Waals surface area (Å²) >= 11 is 0. The van der Waals surface area contributed by atoms with Crippen LogP contribution in [0.5, 0.6) is 5.75 Å². The van der Waals surface area contributed by atoms with Gasteiger partial charge in [0.1, 0.15) is 11.9 Å². The lowest BCUT2D eigenvalue weighted by Gasteiger charge is -2.24. The Morgan fingerprint density at radius 2 is 2.24 bits per heavy atom. The normalized spacial score (nSPS) is 20.4. The number of hydrogen-bond donors (Lipinski definition) is 1. The second-order valence-corrected chi connectivity index (χ2v) is 4.47. The predicted octanol–water partition coefficient (Wildman–Crippen LogP) is 2.37. The molecule has 1 aliphatic heterocycles. The van der Waals surface area contributed by atoms with E-state index in [1.165, 1.54) is 11.8 Å². The van der Waals surface area contributed by atoms with Crippen LogP contribution in [-0.4, -0.2) is 24.2 Å². The molecular formula is C14H16N2O. The van der Waals surface area contributed by atoms with Crippen molar-refractivity contribution in [3.8, 4) is 5.75 Å². The first-order chi connectivity index (χ1) is 8.42. The summed E-state index contributed by atoms with van der Waals surface area (Å²) in [6.45, 7) is 2.06. The summed E-state index contributed by atoms with van der Waals surface area (Å²) < 4.78 is 5.97. The van der Waals surface area contributed by atoms with E-state index < -0.39 is 0 Å². The first-order valence-corrected chi connectivity index (χ1v) is 6.13. The molecule has 0 radical (unpaired) electrons. The van der Waals surface area contributed by atoms with Crippen LogP contribution in [0.3, 0.4) is 0 Å². The van der Waals surface area contributed by atoms with E-state index in [-0.39, 0.29) is 0 Å². The standard InChI is InChI=1S/C14H16N2O/c1-2-14(10-15-6-1)17-13-4-3-11-5-7-16-9-12(11)8-13/h3-5,7-9,14-15H,1-2,6,10H2. The van der Waals surface area contributed by atoms with Gasteiger partial charge >= 0.3 is 0 Å². The van der Waals surface area contributed by atoms with Gasteiger partial charge in [0.05, 0.1) is 0 Å². The SMILES string of the molecule is c1cc2ccc(OC3CCCNC3)cc2cn1. The van der Waals surface area contributed by atoms with Crippen LogP contribution in [0.25, 0.3) is 10.8 Å². The number of hydrogen-bond acceptors (Lipinski definition) is 3. The first kappa shape index (κ1) is 10.5. The Morgan fingerprint density at radius 3 is 3.12 bits per heavy atom. The molecule has 1 atom stereocenters. The van der Waals surface area contributed by atoms with E-state index >= 15 is 0 Å². The highest BCUT2D eigenvalue weighted by molar-refractivity contribution is 5.82. The molecule has 1 unspecified atom stereocenters. The van der Waals surface area contributed by atoms with E-state index in [9.17, 15) is 0 Å². The molecule has 3 heteroatoms. The molecule has 0 aliphatic carbocycles. The lowest BCUT2D eigenvalue weighted by atomic mass is 10.1. The number of piperidine rings is 1. The topological polar surface area (TPSA) is 34.1 Å². The summed E-state index contributed by atoms with van der Waals surface area (Å²) in [6, 6.07) is 8.21. The number of nitrogens with one attached hydrogen (secondary N) is 1. The van der Waals surface area contributed by atoms with Crippen molar-refractivity contribution in [1.82, 2.24) is 10.3 Å². The Labute approximate surface area is 101 Å². The molecule has 88 valence electrons. The third-order valence-corrected chi connectivity index (χ3v) is 3.17. The van der Waals surface area contributed by atoms with Gasteiger partial charge in [-0.3, -0.25) is 4.98 Å². The third kappa shape index (κ3) is 2.39. The molecule has 1 fully saturated rings. The molecule has 1 N–H and O–H groups in total. The predicted molar refractivity (Wildman–Crippen MR) is 68.3 cm³/mol. The summed E-state index contributed by atoms with van der Waals surface area (Å²) in [6.07, 6.45) is 6.32. The van der Waals surface area contributed by atoms with Gasteiger partial charge in [0, 0.05) is 24.3 Å². The van der Waals surface area contributed by atoms with E-state index in [1.54, 1.807) is 0 Å². The van der Waals surface area contributed by atoms with E-state index in [0.29, 0.717) is 6.10 Å². The van der Waals surface area contributed by atoms with Crippen LogP contribution >= 0.6 is 0 Å². The van der Waals surface area contributed by atoms with Gasteiger partial charge in [-0.05, 0) is 43.0 Å². The second kappa shape index (κ2) is 4.72. The fourth-order valence-electron chi connectivity index (χ4n) is 2.25. The quantitative estimate of drug-likeness (QED) is 0.856. The van der Waals surface area contributed by atoms with Crippen LogP contribution in [-0.2, 0) is 0 Å². The van der Waals surface area contributed by atoms with Gasteiger partial charge in [-0.2, -0.15) is 0 Å². The van der Waals surface area contributed by atoms with Crippen molar-refractivity contribution in [2.75, 3.05) is 13.1 Å². The minimum atomic E-state index is 0.304. The van der Waals surface area contributed by atoms with E-state index in [0.717, 1.165) is 30.6 Å². The number of benzene rings is 1. The molecule has 0 spiro atoms. The second-order valence-electron chi connectivity index (χ2n) is 4.47.